The van der Waals surface area contributed by atoms with Crippen molar-refractivity contribution in [2.24, 2.45) is 28.6 Å². The van der Waals surface area contributed by atoms with E-state index in [4.69, 9.17) is 9.47 Å². The largest absolute Gasteiger partial charge is 0.462 e. The minimum Gasteiger partial charge on any atom is -0.462 e. The van der Waals surface area contributed by atoms with Crippen LogP contribution in [0.3, 0.4) is 0 Å². The molecule has 0 N–H and O–H groups in total. The second-order valence-corrected chi connectivity index (χ2v) is 9.92. The first-order chi connectivity index (χ1) is 11.8. The molecule has 4 aliphatic carbocycles. The molecule has 1 spiro atoms. The monoisotopic (exact) mass is 346 g/mol. The second kappa shape index (κ2) is 4.88. The summed E-state index contributed by atoms with van der Waals surface area (Å²) in [6.07, 6.45) is 8.45. The predicted molar refractivity (Wildman–Crippen MR) is 91.8 cm³/mol. The summed E-state index contributed by atoms with van der Waals surface area (Å²) in [6, 6.07) is 0. The number of Topliss-reactive ketones (excluding diaryl/α,β-unsaturated/α-hetero) is 1. The average Bonchev–Trinajstić information content (AvgIpc) is 3.15. The lowest BCUT2D eigenvalue weighted by atomic mass is 9.45. The molecule has 4 nitrogen and oxygen atoms in total. The smallest absolute Gasteiger partial charge is 0.302 e. The van der Waals surface area contributed by atoms with E-state index in [-0.39, 0.29) is 28.5 Å². The van der Waals surface area contributed by atoms with E-state index in [0.29, 0.717) is 29.6 Å². The molecule has 0 aromatic rings. The zero-order chi connectivity index (χ0) is 17.6. The van der Waals surface area contributed by atoms with Crippen molar-refractivity contribution in [1.82, 2.24) is 0 Å². The number of ether oxygens (including phenoxy) is 2. The molecular weight excluding hydrogens is 316 g/mol. The van der Waals surface area contributed by atoms with Crippen LogP contribution in [-0.4, -0.2) is 29.6 Å². The molecule has 0 bridgehead atoms. The molecule has 5 aliphatic rings. The normalized spacial score (nSPS) is 56.3. The van der Waals surface area contributed by atoms with E-state index in [1.807, 2.05) is 0 Å². The van der Waals surface area contributed by atoms with Crippen LogP contribution >= 0.6 is 0 Å². The topological polar surface area (TPSA) is 55.9 Å². The lowest BCUT2D eigenvalue weighted by Gasteiger charge is -2.58. The average molecular weight is 346 g/mol. The SMILES string of the molecule is CC(=O)O[C@H]1CC[C@]2(C)[C@@H]3CC[C@]4(C)C(=O)CC[C@@H]4[C@H]3C[C@@H]3O[C@@]32C1. The third-order valence-corrected chi connectivity index (χ3v) is 9.08. The molecule has 25 heavy (non-hydrogen) atoms. The summed E-state index contributed by atoms with van der Waals surface area (Å²) in [7, 11) is 0. The van der Waals surface area contributed by atoms with Gasteiger partial charge in [0, 0.05) is 30.6 Å². The van der Waals surface area contributed by atoms with Gasteiger partial charge in [0.2, 0.25) is 0 Å². The Kier molecular flexibility index (Phi) is 3.18. The fraction of sp³-hybridized carbons (Fsp3) is 0.905. The molecule has 1 heterocycles. The van der Waals surface area contributed by atoms with Crippen molar-refractivity contribution in [3.8, 4) is 0 Å². The Morgan fingerprint density at radius 3 is 2.72 bits per heavy atom. The highest BCUT2D eigenvalue weighted by Gasteiger charge is 2.76. The van der Waals surface area contributed by atoms with E-state index >= 15 is 0 Å². The molecule has 0 radical (unpaired) electrons. The van der Waals surface area contributed by atoms with Crippen molar-refractivity contribution < 1.29 is 19.1 Å². The summed E-state index contributed by atoms with van der Waals surface area (Å²) in [5.41, 5.74) is 0.0500. The maximum Gasteiger partial charge on any atom is 0.302 e. The lowest BCUT2D eigenvalue weighted by molar-refractivity contribution is -0.157. The number of hydrogen-bond acceptors (Lipinski definition) is 4. The van der Waals surface area contributed by atoms with Crippen LogP contribution in [0.2, 0.25) is 0 Å². The molecule has 8 atom stereocenters. The summed E-state index contributed by atoms with van der Waals surface area (Å²) >= 11 is 0. The van der Waals surface area contributed by atoms with Crippen LogP contribution < -0.4 is 0 Å². The van der Waals surface area contributed by atoms with Crippen LogP contribution in [0.15, 0.2) is 0 Å². The number of hydrogen-bond donors (Lipinski definition) is 0. The quantitative estimate of drug-likeness (QED) is 0.537. The summed E-state index contributed by atoms with van der Waals surface area (Å²) in [5.74, 6) is 2.19. The molecule has 5 fully saturated rings. The summed E-state index contributed by atoms with van der Waals surface area (Å²) < 4.78 is 12.0. The van der Waals surface area contributed by atoms with Crippen molar-refractivity contribution in [1.29, 1.82) is 0 Å². The lowest BCUT2D eigenvalue weighted by Crippen LogP contribution is -2.58. The number of carbonyl (C=O) groups excluding carboxylic acids is 2. The Balaban J connectivity index is 1.44. The van der Waals surface area contributed by atoms with Crippen LogP contribution in [0.25, 0.3) is 0 Å². The molecule has 0 unspecified atom stereocenters. The zero-order valence-electron chi connectivity index (χ0n) is 15.7. The van der Waals surface area contributed by atoms with E-state index in [0.717, 1.165) is 51.4 Å². The number of rotatable bonds is 1. The number of fused-ring (bicyclic) bond motifs is 4. The van der Waals surface area contributed by atoms with Gasteiger partial charge < -0.3 is 9.47 Å². The van der Waals surface area contributed by atoms with Gasteiger partial charge in [-0.2, -0.15) is 0 Å². The van der Waals surface area contributed by atoms with Gasteiger partial charge in [0.05, 0.1) is 6.10 Å². The van der Waals surface area contributed by atoms with Crippen molar-refractivity contribution in [2.45, 2.75) is 89.9 Å². The van der Waals surface area contributed by atoms with Gasteiger partial charge in [-0.15, -0.1) is 0 Å². The van der Waals surface area contributed by atoms with Crippen molar-refractivity contribution in [3.05, 3.63) is 0 Å². The molecule has 0 aromatic carbocycles. The molecule has 1 aliphatic heterocycles. The van der Waals surface area contributed by atoms with Gasteiger partial charge in [-0.25, -0.2) is 0 Å². The number of epoxide rings is 1. The minimum atomic E-state index is -0.172. The van der Waals surface area contributed by atoms with Crippen LogP contribution in [0, 0.1) is 28.6 Å². The fourth-order valence-electron chi connectivity index (χ4n) is 7.75. The van der Waals surface area contributed by atoms with Gasteiger partial charge in [-0.05, 0) is 56.3 Å². The Labute approximate surface area is 150 Å². The highest BCUT2D eigenvalue weighted by atomic mass is 16.6. The zero-order valence-corrected chi connectivity index (χ0v) is 15.7. The van der Waals surface area contributed by atoms with Gasteiger partial charge in [0.15, 0.2) is 0 Å². The van der Waals surface area contributed by atoms with E-state index < -0.39 is 0 Å². The van der Waals surface area contributed by atoms with E-state index in [2.05, 4.69) is 13.8 Å². The molecule has 4 saturated carbocycles. The number of ketones is 1. The van der Waals surface area contributed by atoms with Crippen molar-refractivity contribution in [2.75, 3.05) is 0 Å². The first-order valence-electron chi connectivity index (χ1n) is 10.2. The number of carbonyl (C=O) groups is 2. The molecule has 4 heteroatoms. The molecule has 1 saturated heterocycles. The highest BCUT2D eigenvalue weighted by Crippen LogP contribution is 2.73. The molecule has 0 amide bonds. The maximum atomic E-state index is 12.5. The van der Waals surface area contributed by atoms with Crippen LogP contribution in [-0.2, 0) is 19.1 Å². The van der Waals surface area contributed by atoms with Gasteiger partial charge in [-0.3, -0.25) is 9.59 Å². The van der Waals surface area contributed by atoms with Crippen molar-refractivity contribution >= 4 is 11.8 Å². The van der Waals surface area contributed by atoms with Crippen LogP contribution in [0.5, 0.6) is 0 Å². The molecule has 5 rings (SSSR count). The molecular formula is C21H30O4. The van der Waals surface area contributed by atoms with Gasteiger partial charge >= 0.3 is 5.97 Å². The summed E-state index contributed by atoms with van der Waals surface area (Å²) in [6.45, 7) is 6.18. The minimum absolute atomic E-state index is 0.0223. The maximum absolute atomic E-state index is 12.5. The number of esters is 1. The van der Waals surface area contributed by atoms with E-state index in [1.165, 1.54) is 6.92 Å². The van der Waals surface area contributed by atoms with Gasteiger partial charge in [-0.1, -0.05) is 13.8 Å². The molecule has 0 aromatic heterocycles. The van der Waals surface area contributed by atoms with Gasteiger partial charge in [0.1, 0.15) is 17.5 Å². The Bertz CT molecular complexity index is 644. The fourth-order valence-corrected chi connectivity index (χ4v) is 7.75. The van der Waals surface area contributed by atoms with Crippen LogP contribution in [0.4, 0.5) is 0 Å². The van der Waals surface area contributed by atoms with Crippen molar-refractivity contribution in [3.63, 3.8) is 0 Å². The third-order valence-electron chi connectivity index (χ3n) is 9.08. The van der Waals surface area contributed by atoms with E-state index in [9.17, 15) is 9.59 Å². The standard InChI is InChI=1S/C21H30O4/c1-12(22)24-13-6-9-20(3)16-7-8-19(2)15(4-5-17(19)23)14(16)10-18-21(20,11-13)25-18/h13-16,18H,4-11H2,1-3H3/t13-,14+,15+,16+,18-,19-,20+,21-/m0/s1. The Morgan fingerprint density at radius 1 is 1.16 bits per heavy atom. The highest BCUT2D eigenvalue weighted by molar-refractivity contribution is 5.87. The first kappa shape index (κ1) is 16.3. The van der Waals surface area contributed by atoms with E-state index in [1.54, 1.807) is 0 Å². The summed E-state index contributed by atoms with van der Waals surface area (Å²) in [4.78, 5) is 23.9. The Hall–Kier alpha value is -0.900. The second-order valence-electron chi connectivity index (χ2n) is 9.92. The Morgan fingerprint density at radius 2 is 1.96 bits per heavy atom. The predicted octanol–water partition coefficient (Wildman–Crippen LogP) is 3.66. The van der Waals surface area contributed by atoms with Gasteiger partial charge in [0.25, 0.3) is 0 Å². The van der Waals surface area contributed by atoms with Crippen LogP contribution in [0.1, 0.15) is 72.1 Å². The third kappa shape index (κ3) is 1.92. The molecule has 138 valence electrons. The summed E-state index contributed by atoms with van der Waals surface area (Å²) in [5, 5.41) is 0. The first-order valence-corrected chi connectivity index (χ1v) is 10.2.